The first-order chi connectivity index (χ1) is 14.4. The minimum Gasteiger partial charge on any atom is -0.496 e. The van der Waals surface area contributed by atoms with Crippen molar-refractivity contribution in [3.8, 4) is 5.75 Å². The maximum atomic E-state index is 13.6. The third kappa shape index (κ3) is 3.67. The highest BCUT2D eigenvalue weighted by Gasteiger charge is 2.36. The first kappa shape index (κ1) is 20.7. The highest BCUT2D eigenvalue weighted by molar-refractivity contribution is 7.92. The number of carbonyl (C=O) groups excluding carboxylic acids is 1. The van der Waals surface area contributed by atoms with E-state index in [-0.39, 0.29) is 16.8 Å². The SMILES string of the molecule is COc1ccc(S(=O)(=O)N2c3ccccc3C[C@H]2C)cc1C(=O)N1CCCCCC1. The van der Waals surface area contributed by atoms with Crippen molar-refractivity contribution >= 4 is 21.6 Å². The number of benzene rings is 2. The predicted octanol–water partition coefficient (Wildman–Crippen LogP) is 3.85. The molecule has 6 nitrogen and oxygen atoms in total. The minimum atomic E-state index is -3.81. The summed E-state index contributed by atoms with van der Waals surface area (Å²) in [5.41, 5.74) is 2.03. The summed E-state index contributed by atoms with van der Waals surface area (Å²) in [6, 6.07) is 12.0. The number of ether oxygens (including phenoxy) is 1. The summed E-state index contributed by atoms with van der Waals surface area (Å²) in [4.78, 5) is 15.2. The molecule has 2 aliphatic rings. The molecular formula is C23H28N2O4S. The van der Waals surface area contributed by atoms with Crippen molar-refractivity contribution in [1.82, 2.24) is 4.90 Å². The number of rotatable bonds is 4. The van der Waals surface area contributed by atoms with Crippen LogP contribution in [0.3, 0.4) is 0 Å². The Morgan fingerprint density at radius 1 is 1.03 bits per heavy atom. The summed E-state index contributed by atoms with van der Waals surface area (Å²) < 4.78 is 34.0. The molecule has 2 aromatic carbocycles. The maximum Gasteiger partial charge on any atom is 0.264 e. The van der Waals surface area contributed by atoms with Crippen molar-refractivity contribution in [2.75, 3.05) is 24.5 Å². The molecule has 2 heterocycles. The summed E-state index contributed by atoms with van der Waals surface area (Å²) in [7, 11) is -2.31. The quantitative estimate of drug-likeness (QED) is 0.742. The molecule has 2 aliphatic heterocycles. The van der Waals surface area contributed by atoms with Gasteiger partial charge in [0.2, 0.25) is 0 Å². The Morgan fingerprint density at radius 2 is 1.73 bits per heavy atom. The Balaban J connectivity index is 1.73. The molecule has 0 bridgehead atoms. The first-order valence-corrected chi connectivity index (χ1v) is 12.0. The standard InChI is InChI=1S/C23H28N2O4S/c1-17-15-18-9-5-6-10-21(18)25(17)30(27,28)19-11-12-22(29-2)20(16-19)23(26)24-13-7-3-4-8-14-24/h5-6,9-12,16-17H,3-4,7-8,13-15H2,1-2H3/t17-/m1/s1. The van der Waals surface area contributed by atoms with Gasteiger partial charge in [0, 0.05) is 19.1 Å². The number of para-hydroxylation sites is 1. The van der Waals surface area contributed by atoms with Crippen molar-refractivity contribution in [2.45, 2.75) is 50.0 Å². The van der Waals surface area contributed by atoms with Crippen LogP contribution in [0.15, 0.2) is 47.4 Å². The molecule has 1 saturated heterocycles. The molecule has 4 rings (SSSR count). The zero-order valence-electron chi connectivity index (χ0n) is 17.5. The second-order valence-corrected chi connectivity index (χ2v) is 9.87. The van der Waals surface area contributed by atoms with Gasteiger partial charge in [-0.25, -0.2) is 8.42 Å². The van der Waals surface area contributed by atoms with Crippen LogP contribution in [0, 0.1) is 0 Å². The molecule has 0 N–H and O–H groups in total. The lowest BCUT2D eigenvalue weighted by atomic mass is 10.1. The normalized spacial score (nSPS) is 19.3. The van der Waals surface area contributed by atoms with Gasteiger partial charge in [-0.2, -0.15) is 0 Å². The van der Waals surface area contributed by atoms with Gasteiger partial charge in [-0.3, -0.25) is 9.10 Å². The zero-order valence-corrected chi connectivity index (χ0v) is 18.3. The molecular weight excluding hydrogens is 400 g/mol. The van der Waals surface area contributed by atoms with Gasteiger partial charge in [0.15, 0.2) is 0 Å². The van der Waals surface area contributed by atoms with Crippen LogP contribution in [-0.4, -0.2) is 45.5 Å². The molecule has 1 atom stereocenters. The molecule has 30 heavy (non-hydrogen) atoms. The fraction of sp³-hybridized carbons (Fsp3) is 0.435. The number of amides is 1. The van der Waals surface area contributed by atoms with Crippen molar-refractivity contribution in [1.29, 1.82) is 0 Å². The third-order valence-corrected chi connectivity index (χ3v) is 7.92. The molecule has 0 saturated carbocycles. The van der Waals surface area contributed by atoms with E-state index < -0.39 is 10.0 Å². The molecule has 2 aromatic rings. The van der Waals surface area contributed by atoms with Gasteiger partial charge in [-0.15, -0.1) is 0 Å². The number of hydrogen-bond donors (Lipinski definition) is 0. The second kappa shape index (κ2) is 8.30. The van der Waals surface area contributed by atoms with Crippen LogP contribution in [0.1, 0.15) is 48.5 Å². The first-order valence-electron chi connectivity index (χ1n) is 10.5. The summed E-state index contributed by atoms with van der Waals surface area (Å²) >= 11 is 0. The van der Waals surface area contributed by atoms with Gasteiger partial charge in [0.1, 0.15) is 5.75 Å². The second-order valence-electron chi connectivity index (χ2n) is 8.05. The summed E-state index contributed by atoms with van der Waals surface area (Å²) in [6.45, 7) is 3.29. The fourth-order valence-electron chi connectivity index (χ4n) is 4.48. The van der Waals surface area contributed by atoms with Gasteiger partial charge in [-0.1, -0.05) is 31.0 Å². The molecule has 0 aliphatic carbocycles. The molecule has 0 unspecified atom stereocenters. The van der Waals surface area contributed by atoms with Crippen LogP contribution in [0.2, 0.25) is 0 Å². The van der Waals surface area contributed by atoms with Crippen LogP contribution in [0.5, 0.6) is 5.75 Å². The summed E-state index contributed by atoms with van der Waals surface area (Å²) in [5.74, 6) is 0.235. The maximum absolute atomic E-state index is 13.6. The lowest BCUT2D eigenvalue weighted by molar-refractivity contribution is 0.0758. The third-order valence-electron chi connectivity index (χ3n) is 6.00. The van der Waals surface area contributed by atoms with E-state index in [0.29, 0.717) is 36.5 Å². The summed E-state index contributed by atoms with van der Waals surface area (Å²) in [6.07, 6.45) is 4.83. The Labute approximate surface area is 178 Å². The van der Waals surface area contributed by atoms with Crippen LogP contribution in [0.25, 0.3) is 0 Å². The smallest absolute Gasteiger partial charge is 0.264 e. The van der Waals surface area contributed by atoms with Crippen molar-refractivity contribution in [2.24, 2.45) is 0 Å². The Kier molecular flexibility index (Phi) is 5.73. The van der Waals surface area contributed by atoms with E-state index in [1.807, 2.05) is 36.1 Å². The lowest BCUT2D eigenvalue weighted by Gasteiger charge is -2.26. The molecule has 7 heteroatoms. The average molecular weight is 429 g/mol. The molecule has 0 spiro atoms. The number of likely N-dealkylation sites (tertiary alicyclic amines) is 1. The zero-order chi connectivity index (χ0) is 21.3. The lowest BCUT2D eigenvalue weighted by Crippen LogP contribution is -2.36. The number of methoxy groups -OCH3 is 1. The minimum absolute atomic E-state index is 0.116. The van der Waals surface area contributed by atoms with E-state index in [1.165, 1.54) is 23.5 Å². The summed E-state index contributed by atoms with van der Waals surface area (Å²) in [5, 5.41) is 0. The number of fused-ring (bicyclic) bond motifs is 1. The van der Waals surface area contributed by atoms with E-state index in [9.17, 15) is 13.2 Å². The average Bonchev–Trinajstić information content (AvgIpc) is 2.91. The molecule has 0 radical (unpaired) electrons. The molecule has 0 aromatic heterocycles. The van der Waals surface area contributed by atoms with Gasteiger partial charge in [0.25, 0.3) is 15.9 Å². The van der Waals surface area contributed by atoms with Crippen LogP contribution in [0.4, 0.5) is 5.69 Å². The van der Waals surface area contributed by atoms with Crippen molar-refractivity contribution in [3.05, 3.63) is 53.6 Å². The topological polar surface area (TPSA) is 66.9 Å². The van der Waals surface area contributed by atoms with Gasteiger partial charge in [0.05, 0.1) is 23.3 Å². The Bertz CT molecular complexity index is 1040. The van der Waals surface area contributed by atoms with Crippen molar-refractivity contribution < 1.29 is 17.9 Å². The van der Waals surface area contributed by atoms with E-state index in [4.69, 9.17) is 4.74 Å². The van der Waals surface area contributed by atoms with Crippen LogP contribution >= 0.6 is 0 Å². The highest BCUT2D eigenvalue weighted by Crippen LogP contribution is 2.37. The highest BCUT2D eigenvalue weighted by atomic mass is 32.2. The monoisotopic (exact) mass is 428 g/mol. The number of sulfonamides is 1. The number of nitrogens with zero attached hydrogens (tertiary/aromatic N) is 2. The van der Waals surface area contributed by atoms with Gasteiger partial charge in [-0.05, 0) is 56.0 Å². The number of carbonyl (C=O) groups is 1. The number of anilines is 1. The Hall–Kier alpha value is -2.54. The van der Waals surface area contributed by atoms with Crippen LogP contribution < -0.4 is 9.04 Å². The molecule has 1 fully saturated rings. The Morgan fingerprint density at radius 3 is 2.43 bits per heavy atom. The van der Waals surface area contributed by atoms with Gasteiger partial charge < -0.3 is 9.64 Å². The number of hydrogen-bond acceptors (Lipinski definition) is 4. The van der Waals surface area contributed by atoms with E-state index in [0.717, 1.165) is 31.2 Å². The predicted molar refractivity (Wildman–Crippen MR) is 117 cm³/mol. The molecule has 160 valence electrons. The fourth-order valence-corrected chi connectivity index (χ4v) is 6.20. The van der Waals surface area contributed by atoms with Gasteiger partial charge >= 0.3 is 0 Å². The largest absolute Gasteiger partial charge is 0.496 e. The van der Waals surface area contributed by atoms with E-state index >= 15 is 0 Å². The van der Waals surface area contributed by atoms with Crippen molar-refractivity contribution in [3.63, 3.8) is 0 Å². The molecule has 1 amide bonds. The van der Waals surface area contributed by atoms with Crippen LogP contribution in [-0.2, 0) is 16.4 Å². The van der Waals surface area contributed by atoms with E-state index in [1.54, 1.807) is 6.07 Å². The van der Waals surface area contributed by atoms with E-state index in [2.05, 4.69) is 0 Å².